The molecule has 0 heterocycles. The molecule has 0 radical (unpaired) electrons. The van der Waals surface area contributed by atoms with Crippen LogP contribution in [0.25, 0.3) is 0 Å². The molecule has 1 unspecified atom stereocenters. The number of Topliss-reactive ketones (excluding diaryl/α,β-unsaturated/α-hetero) is 1. The number of rotatable bonds is 3. The van der Waals surface area contributed by atoms with Crippen LogP contribution < -0.4 is 5.73 Å². The van der Waals surface area contributed by atoms with Crippen LogP contribution in [0.15, 0.2) is 0 Å². The van der Waals surface area contributed by atoms with E-state index in [1.165, 1.54) is 0 Å². The number of aliphatic hydroxyl groups is 1. The Morgan fingerprint density at radius 2 is 2.38 bits per heavy atom. The van der Waals surface area contributed by atoms with Crippen molar-refractivity contribution in [3.63, 3.8) is 0 Å². The molecule has 0 saturated carbocycles. The van der Waals surface area contributed by atoms with Crippen molar-refractivity contribution in [3.8, 4) is 0 Å². The smallest absolute Gasteiger partial charge is 0.148 e. The second kappa shape index (κ2) is 3.57. The summed E-state index contributed by atoms with van der Waals surface area (Å²) in [5, 5.41) is 8.58. The summed E-state index contributed by atoms with van der Waals surface area (Å²) in [5.41, 5.74) is 4.96. The van der Waals surface area contributed by atoms with Gasteiger partial charge < -0.3 is 10.8 Å². The molecule has 0 aliphatic carbocycles. The Kier molecular flexibility index (Phi) is 3.39. The van der Waals surface area contributed by atoms with Crippen molar-refractivity contribution >= 4 is 5.78 Å². The summed E-state index contributed by atoms with van der Waals surface area (Å²) in [6, 6.07) is 0. The SMILES string of the molecule is CC(O)CC(=O)CN. The number of ketones is 1. The zero-order valence-electron chi connectivity index (χ0n) is 4.92. The van der Waals surface area contributed by atoms with Crippen LogP contribution in [-0.4, -0.2) is 23.5 Å². The van der Waals surface area contributed by atoms with E-state index in [0.29, 0.717) is 0 Å². The Morgan fingerprint density at radius 1 is 1.88 bits per heavy atom. The second-order valence-corrected chi connectivity index (χ2v) is 1.80. The minimum atomic E-state index is -0.550. The lowest BCUT2D eigenvalue weighted by molar-refractivity contribution is -0.119. The lowest BCUT2D eigenvalue weighted by Crippen LogP contribution is -2.18. The zero-order chi connectivity index (χ0) is 6.57. The molecule has 0 aromatic carbocycles. The molecule has 1 atom stereocenters. The Morgan fingerprint density at radius 3 is 2.50 bits per heavy atom. The fourth-order valence-electron chi connectivity index (χ4n) is 0.413. The quantitative estimate of drug-likeness (QED) is 0.513. The van der Waals surface area contributed by atoms with Crippen LogP contribution in [0, 0.1) is 0 Å². The molecule has 0 aliphatic rings. The molecule has 0 fully saturated rings. The first-order valence-corrected chi connectivity index (χ1v) is 2.56. The fourth-order valence-corrected chi connectivity index (χ4v) is 0.413. The topological polar surface area (TPSA) is 63.3 Å². The van der Waals surface area contributed by atoms with Crippen molar-refractivity contribution in [2.75, 3.05) is 6.54 Å². The van der Waals surface area contributed by atoms with E-state index < -0.39 is 6.10 Å². The van der Waals surface area contributed by atoms with E-state index in [9.17, 15) is 4.79 Å². The lowest BCUT2D eigenvalue weighted by Gasteiger charge is -1.98. The maximum absolute atomic E-state index is 10.3. The number of aliphatic hydroxyl groups excluding tert-OH is 1. The molecule has 3 nitrogen and oxygen atoms in total. The average Bonchev–Trinajstić information content (AvgIpc) is 1.65. The molecule has 48 valence electrons. The van der Waals surface area contributed by atoms with Crippen molar-refractivity contribution in [2.24, 2.45) is 5.73 Å². The summed E-state index contributed by atoms with van der Waals surface area (Å²) in [7, 11) is 0. The van der Waals surface area contributed by atoms with Gasteiger partial charge in [0.2, 0.25) is 0 Å². The minimum Gasteiger partial charge on any atom is -0.393 e. The van der Waals surface area contributed by atoms with Gasteiger partial charge in [-0.15, -0.1) is 0 Å². The van der Waals surface area contributed by atoms with Gasteiger partial charge in [0.05, 0.1) is 12.6 Å². The Bertz CT molecular complexity index is 80.5. The Balaban J connectivity index is 3.25. The van der Waals surface area contributed by atoms with E-state index in [1.807, 2.05) is 0 Å². The number of carbonyl (C=O) groups is 1. The number of hydrogen-bond acceptors (Lipinski definition) is 3. The fraction of sp³-hybridized carbons (Fsp3) is 0.800. The van der Waals surface area contributed by atoms with Crippen LogP contribution in [0.1, 0.15) is 13.3 Å². The van der Waals surface area contributed by atoms with Gasteiger partial charge in [-0.1, -0.05) is 0 Å². The predicted molar refractivity (Wildman–Crippen MR) is 30.4 cm³/mol. The third kappa shape index (κ3) is 3.77. The number of carbonyl (C=O) groups excluding carboxylic acids is 1. The minimum absolute atomic E-state index is 0.0326. The van der Waals surface area contributed by atoms with E-state index in [4.69, 9.17) is 10.8 Å². The molecule has 0 aromatic rings. The van der Waals surface area contributed by atoms with Crippen LogP contribution in [0.2, 0.25) is 0 Å². The first-order valence-electron chi connectivity index (χ1n) is 2.56. The summed E-state index contributed by atoms with van der Waals surface area (Å²) >= 11 is 0. The molecule has 8 heavy (non-hydrogen) atoms. The van der Waals surface area contributed by atoms with E-state index in [1.54, 1.807) is 6.92 Å². The van der Waals surface area contributed by atoms with Crippen LogP contribution >= 0.6 is 0 Å². The summed E-state index contributed by atoms with van der Waals surface area (Å²) in [6.45, 7) is 1.60. The van der Waals surface area contributed by atoms with Gasteiger partial charge in [-0.2, -0.15) is 0 Å². The summed E-state index contributed by atoms with van der Waals surface area (Å²) < 4.78 is 0. The lowest BCUT2D eigenvalue weighted by atomic mass is 10.2. The molecule has 3 heteroatoms. The van der Waals surface area contributed by atoms with Crippen LogP contribution in [0.5, 0.6) is 0 Å². The van der Waals surface area contributed by atoms with Crippen LogP contribution in [-0.2, 0) is 4.79 Å². The first kappa shape index (κ1) is 7.59. The van der Waals surface area contributed by atoms with E-state index in [2.05, 4.69) is 0 Å². The number of nitrogens with two attached hydrogens (primary N) is 1. The van der Waals surface area contributed by atoms with E-state index in [-0.39, 0.29) is 18.7 Å². The zero-order valence-corrected chi connectivity index (χ0v) is 4.92. The molecule has 0 aromatic heterocycles. The van der Waals surface area contributed by atoms with Gasteiger partial charge in [-0.05, 0) is 6.92 Å². The van der Waals surface area contributed by atoms with Gasteiger partial charge in [0.15, 0.2) is 0 Å². The van der Waals surface area contributed by atoms with E-state index >= 15 is 0 Å². The van der Waals surface area contributed by atoms with Crippen LogP contribution in [0.3, 0.4) is 0 Å². The second-order valence-electron chi connectivity index (χ2n) is 1.80. The van der Waals surface area contributed by atoms with E-state index in [0.717, 1.165) is 0 Å². The standard InChI is InChI=1S/C5H11NO2/c1-4(7)2-5(8)3-6/h4,7H,2-3,6H2,1H3. The summed E-state index contributed by atoms with van der Waals surface area (Å²) in [6.07, 6.45) is -0.373. The largest absolute Gasteiger partial charge is 0.393 e. The summed E-state index contributed by atoms with van der Waals surface area (Å²) in [5.74, 6) is -0.0972. The molecule has 0 saturated heterocycles. The highest BCUT2D eigenvalue weighted by molar-refractivity contribution is 5.80. The highest BCUT2D eigenvalue weighted by Gasteiger charge is 2.01. The number of hydrogen-bond donors (Lipinski definition) is 2. The van der Waals surface area contributed by atoms with Crippen molar-refractivity contribution < 1.29 is 9.90 Å². The molecule has 0 aliphatic heterocycles. The van der Waals surface area contributed by atoms with Gasteiger partial charge in [-0.25, -0.2) is 0 Å². The van der Waals surface area contributed by atoms with Gasteiger partial charge in [0.1, 0.15) is 5.78 Å². The third-order valence-electron chi connectivity index (χ3n) is 0.751. The molecule has 3 N–H and O–H groups in total. The molecular weight excluding hydrogens is 106 g/mol. The molecule has 0 rings (SSSR count). The molecule has 0 amide bonds. The van der Waals surface area contributed by atoms with Crippen molar-refractivity contribution in [3.05, 3.63) is 0 Å². The predicted octanol–water partition coefficient (Wildman–Crippen LogP) is -0.715. The van der Waals surface area contributed by atoms with Gasteiger partial charge in [-0.3, -0.25) is 4.79 Å². The molecule has 0 bridgehead atoms. The van der Waals surface area contributed by atoms with Crippen molar-refractivity contribution in [1.82, 2.24) is 0 Å². The van der Waals surface area contributed by atoms with Crippen LogP contribution in [0.4, 0.5) is 0 Å². The van der Waals surface area contributed by atoms with Crippen molar-refractivity contribution in [2.45, 2.75) is 19.4 Å². The Labute approximate surface area is 48.5 Å². The Hall–Kier alpha value is -0.410. The van der Waals surface area contributed by atoms with Gasteiger partial charge >= 0.3 is 0 Å². The van der Waals surface area contributed by atoms with Gasteiger partial charge in [0.25, 0.3) is 0 Å². The molecule has 0 spiro atoms. The first-order chi connectivity index (χ1) is 3.66. The summed E-state index contributed by atoms with van der Waals surface area (Å²) in [4.78, 5) is 10.3. The van der Waals surface area contributed by atoms with Gasteiger partial charge in [0, 0.05) is 6.42 Å². The monoisotopic (exact) mass is 117 g/mol. The molecular formula is C5H11NO2. The third-order valence-corrected chi connectivity index (χ3v) is 0.751. The maximum Gasteiger partial charge on any atom is 0.148 e. The maximum atomic E-state index is 10.3. The normalized spacial score (nSPS) is 13.4. The van der Waals surface area contributed by atoms with Crippen molar-refractivity contribution in [1.29, 1.82) is 0 Å². The highest BCUT2D eigenvalue weighted by Crippen LogP contribution is 1.87. The average molecular weight is 117 g/mol. The highest BCUT2D eigenvalue weighted by atomic mass is 16.3.